The summed E-state index contributed by atoms with van der Waals surface area (Å²) in [6.45, 7) is 5.36. The molecule has 0 radical (unpaired) electrons. The molecule has 1 saturated heterocycles. The van der Waals surface area contributed by atoms with Crippen LogP contribution in [0.5, 0.6) is 0 Å². The highest BCUT2D eigenvalue weighted by molar-refractivity contribution is 7.92. The molecular weight excluding hydrogens is 336 g/mol. The van der Waals surface area contributed by atoms with Crippen molar-refractivity contribution in [2.75, 3.05) is 23.2 Å². The lowest BCUT2D eigenvalue weighted by molar-refractivity contribution is 0.120. The first-order valence-electron chi connectivity index (χ1n) is 8.50. The second kappa shape index (κ2) is 7.45. The molecule has 1 heterocycles. The van der Waals surface area contributed by atoms with Crippen molar-refractivity contribution in [3.05, 3.63) is 53.6 Å². The first-order valence-corrected chi connectivity index (χ1v) is 9.98. The fourth-order valence-corrected chi connectivity index (χ4v) is 4.29. The van der Waals surface area contributed by atoms with Crippen LogP contribution in [0.2, 0.25) is 0 Å². The molecule has 2 N–H and O–H groups in total. The molecule has 0 bridgehead atoms. The third kappa shape index (κ3) is 4.52. The van der Waals surface area contributed by atoms with E-state index in [-0.39, 0.29) is 6.10 Å². The van der Waals surface area contributed by atoms with Crippen molar-refractivity contribution < 1.29 is 13.2 Å². The predicted octanol–water partition coefficient (Wildman–Crippen LogP) is 3.70. The van der Waals surface area contributed by atoms with E-state index >= 15 is 0 Å². The van der Waals surface area contributed by atoms with E-state index in [0.29, 0.717) is 10.6 Å². The van der Waals surface area contributed by atoms with Crippen LogP contribution in [0, 0.1) is 13.8 Å². The average molecular weight is 360 g/mol. The topological polar surface area (TPSA) is 67.4 Å². The molecular formula is C19H24N2O3S. The van der Waals surface area contributed by atoms with Crippen LogP contribution in [0.15, 0.2) is 47.4 Å². The number of sulfonamides is 1. The van der Waals surface area contributed by atoms with Crippen molar-refractivity contribution in [1.29, 1.82) is 0 Å². The molecule has 1 unspecified atom stereocenters. The van der Waals surface area contributed by atoms with Crippen LogP contribution in [-0.2, 0) is 14.8 Å². The largest absolute Gasteiger partial charge is 0.382 e. The van der Waals surface area contributed by atoms with Crippen molar-refractivity contribution in [1.82, 2.24) is 0 Å². The maximum Gasteiger partial charge on any atom is 0.262 e. The van der Waals surface area contributed by atoms with Gasteiger partial charge >= 0.3 is 0 Å². The summed E-state index contributed by atoms with van der Waals surface area (Å²) in [6, 6.07) is 12.6. The highest BCUT2D eigenvalue weighted by Gasteiger charge is 2.17. The van der Waals surface area contributed by atoms with Crippen LogP contribution in [0.4, 0.5) is 11.4 Å². The molecule has 0 aliphatic carbocycles. The number of hydrogen-bond acceptors (Lipinski definition) is 4. The van der Waals surface area contributed by atoms with Crippen LogP contribution in [0.25, 0.3) is 0 Å². The van der Waals surface area contributed by atoms with Crippen LogP contribution in [-0.4, -0.2) is 27.7 Å². The van der Waals surface area contributed by atoms with Crippen molar-refractivity contribution in [3.63, 3.8) is 0 Å². The average Bonchev–Trinajstić information content (AvgIpc) is 3.07. The van der Waals surface area contributed by atoms with Gasteiger partial charge in [-0.05, 0) is 62.6 Å². The number of anilines is 2. The van der Waals surface area contributed by atoms with Gasteiger partial charge in [0.25, 0.3) is 10.0 Å². The Morgan fingerprint density at radius 3 is 2.44 bits per heavy atom. The predicted molar refractivity (Wildman–Crippen MR) is 101 cm³/mol. The van der Waals surface area contributed by atoms with E-state index in [1.165, 1.54) is 0 Å². The van der Waals surface area contributed by atoms with E-state index in [1.807, 2.05) is 25.1 Å². The highest BCUT2D eigenvalue weighted by Crippen LogP contribution is 2.22. The molecule has 1 aliphatic heterocycles. The molecule has 0 aromatic heterocycles. The summed E-state index contributed by atoms with van der Waals surface area (Å²) in [5.41, 5.74) is 3.27. The Morgan fingerprint density at radius 2 is 1.80 bits per heavy atom. The van der Waals surface area contributed by atoms with Gasteiger partial charge in [-0.1, -0.05) is 17.7 Å². The zero-order valence-electron chi connectivity index (χ0n) is 14.6. The van der Waals surface area contributed by atoms with Crippen molar-refractivity contribution in [2.45, 2.75) is 37.7 Å². The summed E-state index contributed by atoms with van der Waals surface area (Å²) < 4.78 is 33.4. The number of rotatable bonds is 6. The van der Waals surface area contributed by atoms with Crippen molar-refractivity contribution in [3.8, 4) is 0 Å². The second-order valence-corrected chi connectivity index (χ2v) is 8.12. The van der Waals surface area contributed by atoms with Gasteiger partial charge in [-0.25, -0.2) is 8.42 Å². The Balaban J connectivity index is 1.65. The van der Waals surface area contributed by atoms with Gasteiger partial charge in [-0.3, -0.25) is 4.72 Å². The third-order valence-electron chi connectivity index (χ3n) is 4.31. The number of benzene rings is 2. The molecule has 2 aromatic rings. The minimum absolute atomic E-state index is 0.266. The molecule has 2 aromatic carbocycles. The number of hydrogen-bond donors (Lipinski definition) is 2. The molecule has 5 nitrogen and oxygen atoms in total. The molecule has 0 spiro atoms. The summed E-state index contributed by atoms with van der Waals surface area (Å²) >= 11 is 0. The van der Waals surface area contributed by atoms with E-state index < -0.39 is 10.0 Å². The first kappa shape index (κ1) is 17.8. The molecule has 3 rings (SSSR count). The standard InChI is InChI=1S/C19H24N2O3S/c1-14-5-10-19(15(2)12-14)25(22,23)21-17-8-6-16(7-9-17)20-13-18-4-3-11-24-18/h5-10,12,18,20-21H,3-4,11,13H2,1-2H3. The number of aryl methyl sites for hydroxylation is 2. The Labute approximate surface area is 149 Å². The van der Waals surface area contributed by atoms with E-state index in [0.717, 1.165) is 42.8 Å². The van der Waals surface area contributed by atoms with Gasteiger partial charge in [0.15, 0.2) is 0 Å². The second-order valence-electron chi connectivity index (χ2n) is 6.47. The van der Waals surface area contributed by atoms with Crippen molar-refractivity contribution in [2.24, 2.45) is 0 Å². The van der Waals surface area contributed by atoms with Gasteiger partial charge < -0.3 is 10.1 Å². The van der Waals surface area contributed by atoms with Gasteiger partial charge in [0.1, 0.15) is 0 Å². The molecule has 1 aliphatic rings. The van der Waals surface area contributed by atoms with Crippen LogP contribution in [0.3, 0.4) is 0 Å². The fraction of sp³-hybridized carbons (Fsp3) is 0.368. The van der Waals surface area contributed by atoms with E-state index in [9.17, 15) is 8.42 Å². The normalized spacial score (nSPS) is 17.4. The van der Waals surface area contributed by atoms with Gasteiger partial charge in [-0.2, -0.15) is 0 Å². The monoisotopic (exact) mass is 360 g/mol. The van der Waals surface area contributed by atoms with Crippen molar-refractivity contribution >= 4 is 21.4 Å². The Kier molecular flexibility index (Phi) is 5.30. The lowest BCUT2D eigenvalue weighted by atomic mass is 10.2. The summed E-state index contributed by atoms with van der Waals surface area (Å²) in [4.78, 5) is 0.304. The van der Waals surface area contributed by atoms with Crippen LogP contribution >= 0.6 is 0 Å². The maximum atomic E-state index is 12.6. The molecule has 1 atom stereocenters. The smallest absolute Gasteiger partial charge is 0.262 e. The van der Waals surface area contributed by atoms with Crippen LogP contribution in [0.1, 0.15) is 24.0 Å². The minimum Gasteiger partial charge on any atom is -0.382 e. The maximum absolute atomic E-state index is 12.6. The SMILES string of the molecule is Cc1ccc(S(=O)(=O)Nc2ccc(NCC3CCCO3)cc2)c(C)c1. The van der Waals surface area contributed by atoms with Gasteiger partial charge in [0, 0.05) is 24.5 Å². The van der Waals surface area contributed by atoms with E-state index in [4.69, 9.17) is 4.74 Å². The molecule has 1 fully saturated rings. The zero-order valence-corrected chi connectivity index (χ0v) is 15.4. The van der Waals surface area contributed by atoms with E-state index in [2.05, 4.69) is 10.0 Å². The Bertz CT molecular complexity index is 826. The molecule has 134 valence electrons. The minimum atomic E-state index is -3.59. The number of ether oxygens (including phenoxy) is 1. The fourth-order valence-electron chi connectivity index (χ4n) is 3.00. The summed E-state index contributed by atoms with van der Waals surface area (Å²) in [6.07, 6.45) is 2.47. The Hall–Kier alpha value is -2.05. The first-order chi connectivity index (χ1) is 11.9. The molecule has 0 amide bonds. The van der Waals surface area contributed by atoms with Crippen LogP contribution < -0.4 is 10.0 Å². The van der Waals surface area contributed by atoms with Gasteiger partial charge in [0.2, 0.25) is 0 Å². The third-order valence-corrected chi connectivity index (χ3v) is 5.86. The lowest BCUT2D eigenvalue weighted by Crippen LogP contribution is -2.18. The summed E-state index contributed by atoms with van der Waals surface area (Å²) in [5, 5.41) is 3.32. The summed E-state index contributed by atoms with van der Waals surface area (Å²) in [5.74, 6) is 0. The number of nitrogens with one attached hydrogen (secondary N) is 2. The Morgan fingerprint density at radius 1 is 1.08 bits per heavy atom. The zero-order chi connectivity index (χ0) is 17.9. The highest BCUT2D eigenvalue weighted by atomic mass is 32.2. The van der Waals surface area contributed by atoms with Gasteiger partial charge in [0.05, 0.1) is 11.0 Å². The summed E-state index contributed by atoms with van der Waals surface area (Å²) in [7, 11) is -3.59. The van der Waals surface area contributed by atoms with E-state index in [1.54, 1.807) is 31.2 Å². The quantitative estimate of drug-likeness (QED) is 0.824. The van der Waals surface area contributed by atoms with Gasteiger partial charge in [-0.15, -0.1) is 0 Å². The molecule has 6 heteroatoms. The molecule has 25 heavy (non-hydrogen) atoms. The lowest BCUT2D eigenvalue weighted by Gasteiger charge is -2.13. The molecule has 0 saturated carbocycles.